The van der Waals surface area contributed by atoms with Crippen LogP contribution >= 0.6 is 0 Å². The Balaban J connectivity index is 1.82. The zero-order valence-electron chi connectivity index (χ0n) is 14.3. The van der Waals surface area contributed by atoms with Gasteiger partial charge in [0, 0.05) is 12.1 Å². The van der Waals surface area contributed by atoms with E-state index >= 15 is 0 Å². The van der Waals surface area contributed by atoms with Crippen LogP contribution in [0.1, 0.15) is 11.1 Å². The van der Waals surface area contributed by atoms with Crippen molar-refractivity contribution in [1.29, 1.82) is 0 Å². The number of aryl methyl sites for hydroxylation is 1. The lowest BCUT2D eigenvalue weighted by Crippen LogP contribution is -2.23. The molecule has 0 spiro atoms. The molecule has 130 valence electrons. The van der Waals surface area contributed by atoms with Gasteiger partial charge in [-0.05, 0) is 42.8 Å². The number of para-hydroxylation sites is 2. The normalized spacial score (nSPS) is 15.3. The second-order valence-electron chi connectivity index (χ2n) is 6.27. The van der Waals surface area contributed by atoms with Gasteiger partial charge in [-0.3, -0.25) is 4.90 Å². The van der Waals surface area contributed by atoms with Gasteiger partial charge in [0.2, 0.25) is 0 Å². The van der Waals surface area contributed by atoms with Crippen LogP contribution in [-0.4, -0.2) is 14.3 Å². The standard InChI is InChI=1S/C21H18N2O2S/c1-16-11-13-19(14-12-16)26(24,25)22-21-15-17-7-5-6-10-20(17)23(21)18-8-3-2-4-9-18/h2-14H,15H2,1H3. The quantitative estimate of drug-likeness (QED) is 0.690. The Kier molecular flexibility index (Phi) is 4.09. The number of nitrogens with zero attached hydrogens (tertiary/aromatic N) is 2. The van der Waals surface area contributed by atoms with Crippen LogP contribution in [0.3, 0.4) is 0 Å². The molecule has 0 unspecified atom stereocenters. The SMILES string of the molecule is Cc1ccc(S(=O)(=O)N=C2Cc3ccccc3N2c2ccccc2)cc1. The molecule has 4 nitrogen and oxygen atoms in total. The molecule has 0 fully saturated rings. The topological polar surface area (TPSA) is 49.7 Å². The molecule has 0 saturated carbocycles. The van der Waals surface area contributed by atoms with E-state index in [4.69, 9.17) is 0 Å². The van der Waals surface area contributed by atoms with Crippen molar-refractivity contribution in [2.75, 3.05) is 4.90 Å². The summed E-state index contributed by atoms with van der Waals surface area (Å²) in [5, 5.41) is 0. The van der Waals surface area contributed by atoms with Crippen molar-refractivity contribution in [2.45, 2.75) is 18.2 Å². The molecule has 0 radical (unpaired) electrons. The summed E-state index contributed by atoms with van der Waals surface area (Å²) in [5.41, 5.74) is 3.94. The van der Waals surface area contributed by atoms with E-state index in [-0.39, 0.29) is 4.90 Å². The molecule has 0 N–H and O–H groups in total. The average Bonchev–Trinajstić information content (AvgIpc) is 3.00. The lowest BCUT2D eigenvalue weighted by Gasteiger charge is -2.20. The van der Waals surface area contributed by atoms with Gasteiger partial charge in [-0.1, -0.05) is 54.1 Å². The third-order valence-electron chi connectivity index (χ3n) is 4.40. The lowest BCUT2D eigenvalue weighted by atomic mass is 10.2. The number of fused-ring (bicyclic) bond motifs is 1. The van der Waals surface area contributed by atoms with E-state index in [0.29, 0.717) is 12.3 Å². The Hall–Kier alpha value is -2.92. The largest absolute Gasteiger partial charge is 0.297 e. The monoisotopic (exact) mass is 362 g/mol. The van der Waals surface area contributed by atoms with Crippen LogP contribution in [0.25, 0.3) is 0 Å². The second-order valence-corrected chi connectivity index (χ2v) is 7.88. The molecule has 0 bridgehead atoms. The fraction of sp³-hybridized carbons (Fsp3) is 0.0952. The van der Waals surface area contributed by atoms with Crippen molar-refractivity contribution < 1.29 is 8.42 Å². The Morgan fingerprint density at radius 3 is 2.23 bits per heavy atom. The summed E-state index contributed by atoms with van der Waals surface area (Å²) in [4.78, 5) is 2.13. The van der Waals surface area contributed by atoms with Crippen molar-refractivity contribution in [3.05, 3.63) is 90.0 Å². The van der Waals surface area contributed by atoms with Crippen molar-refractivity contribution in [3.63, 3.8) is 0 Å². The number of amidine groups is 1. The fourth-order valence-corrected chi connectivity index (χ4v) is 4.12. The third-order valence-corrected chi connectivity index (χ3v) is 5.72. The molecule has 0 atom stereocenters. The summed E-state index contributed by atoms with van der Waals surface area (Å²) in [7, 11) is -3.77. The molecule has 0 aromatic heterocycles. The number of benzene rings is 3. The highest BCUT2D eigenvalue weighted by molar-refractivity contribution is 7.90. The van der Waals surface area contributed by atoms with Gasteiger partial charge in [0.25, 0.3) is 10.0 Å². The van der Waals surface area contributed by atoms with Crippen molar-refractivity contribution in [1.82, 2.24) is 0 Å². The van der Waals surface area contributed by atoms with Crippen molar-refractivity contribution in [2.24, 2.45) is 4.40 Å². The summed E-state index contributed by atoms with van der Waals surface area (Å²) < 4.78 is 29.8. The van der Waals surface area contributed by atoms with E-state index in [1.807, 2.05) is 66.4 Å². The van der Waals surface area contributed by atoms with E-state index in [1.54, 1.807) is 24.3 Å². The number of hydrogen-bond donors (Lipinski definition) is 0. The highest BCUT2D eigenvalue weighted by atomic mass is 32.2. The Morgan fingerprint density at radius 2 is 1.50 bits per heavy atom. The maximum atomic E-state index is 12.8. The lowest BCUT2D eigenvalue weighted by molar-refractivity contribution is 0.598. The highest BCUT2D eigenvalue weighted by Crippen LogP contribution is 2.36. The molecular weight excluding hydrogens is 344 g/mol. The minimum absolute atomic E-state index is 0.208. The smallest absolute Gasteiger partial charge is 0.283 e. The molecule has 4 rings (SSSR count). The molecular formula is C21H18N2O2S. The van der Waals surface area contributed by atoms with Crippen molar-refractivity contribution >= 4 is 27.2 Å². The van der Waals surface area contributed by atoms with Gasteiger partial charge in [-0.15, -0.1) is 4.40 Å². The first kappa shape index (κ1) is 16.5. The third kappa shape index (κ3) is 3.02. The zero-order valence-corrected chi connectivity index (χ0v) is 15.1. The van der Waals surface area contributed by atoms with Crippen LogP contribution in [-0.2, 0) is 16.4 Å². The Bertz CT molecular complexity index is 1070. The first-order valence-electron chi connectivity index (χ1n) is 8.38. The van der Waals surface area contributed by atoms with Crippen LogP contribution in [0.5, 0.6) is 0 Å². The van der Waals surface area contributed by atoms with Gasteiger partial charge >= 0.3 is 0 Å². The van der Waals surface area contributed by atoms with Gasteiger partial charge in [0.1, 0.15) is 5.84 Å². The van der Waals surface area contributed by atoms with Crippen LogP contribution in [0.15, 0.2) is 88.2 Å². The minimum atomic E-state index is -3.77. The fourth-order valence-electron chi connectivity index (χ4n) is 3.11. The van der Waals surface area contributed by atoms with E-state index in [9.17, 15) is 8.42 Å². The Labute approximate surface area is 153 Å². The van der Waals surface area contributed by atoms with Crippen LogP contribution in [0, 0.1) is 6.92 Å². The van der Waals surface area contributed by atoms with E-state index in [1.165, 1.54) is 0 Å². The maximum Gasteiger partial charge on any atom is 0.283 e. The first-order valence-corrected chi connectivity index (χ1v) is 9.82. The van der Waals surface area contributed by atoms with Gasteiger partial charge < -0.3 is 0 Å². The predicted octanol–water partition coefficient (Wildman–Crippen LogP) is 4.48. The van der Waals surface area contributed by atoms with Crippen molar-refractivity contribution in [3.8, 4) is 0 Å². The predicted molar refractivity (Wildman–Crippen MR) is 105 cm³/mol. The van der Waals surface area contributed by atoms with Crippen LogP contribution in [0.4, 0.5) is 11.4 Å². The second kappa shape index (κ2) is 6.42. The molecule has 1 aliphatic heterocycles. The van der Waals surface area contributed by atoms with Gasteiger partial charge in [0.15, 0.2) is 0 Å². The number of rotatable bonds is 3. The summed E-state index contributed by atoms with van der Waals surface area (Å²) in [6.45, 7) is 1.92. The average molecular weight is 362 g/mol. The number of hydrogen-bond acceptors (Lipinski definition) is 2. The summed E-state index contributed by atoms with van der Waals surface area (Å²) in [6, 6.07) is 24.4. The first-order chi connectivity index (χ1) is 12.5. The Morgan fingerprint density at radius 1 is 0.846 bits per heavy atom. The van der Waals surface area contributed by atoms with E-state index in [2.05, 4.69) is 4.40 Å². The molecule has 1 aliphatic rings. The summed E-state index contributed by atoms with van der Waals surface area (Å²) >= 11 is 0. The molecule has 5 heteroatoms. The zero-order chi connectivity index (χ0) is 18.1. The molecule has 0 aliphatic carbocycles. The molecule has 1 heterocycles. The maximum absolute atomic E-state index is 12.8. The summed E-state index contributed by atoms with van der Waals surface area (Å²) in [5.74, 6) is 0.512. The van der Waals surface area contributed by atoms with E-state index in [0.717, 1.165) is 22.5 Å². The number of sulfonamides is 1. The number of anilines is 2. The van der Waals surface area contributed by atoms with E-state index < -0.39 is 10.0 Å². The minimum Gasteiger partial charge on any atom is -0.297 e. The molecule has 26 heavy (non-hydrogen) atoms. The molecule has 0 saturated heterocycles. The highest BCUT2D eigenvalue weighted by Gasteiger charge is 2.28. The summed E-state index contributed by atoms with van der Waals surface area (Å²) in [6.07, 6.45) is 0.482. The van der Waals surface area contributed by atoms with Crippen LogP contribution in [0.2, 0.25) is 0 Å². The molecule has 3 aromatic rings. The molecule has 0 amide bonds. The van der Waals surface area contributed by atoms with Gasteiger partial charge in [-0.25, -0.2) is 0 Å². The molecule has 3 aromatic carbocycles. The van der Waals surface area contributed by atoms with Gasteiger partial charge in [0.05, 0.1) is 10.6 Å². The van der Waals surface area contributed by atoms with Gasteiger partial charge in [-0.2, -0.15) is 8.42 Å². The van der Waals surface area contributed by atoms with Crippen LogP contribution < -0.4 is 4.90 Å².